The number of ether oxygens (including phenoxy) is 1. The number of nitrogens with one attached hydrogen (secondary N) is 1. The molecule has 0 radical (unpaired) electrons. The van der Waals surface area contributed by atoms with Crippen molar-refractivity contribution in [3.05, 3.63) is 60.7 Å². The summed E-state index contributed by atoms with van der Waals surface area (Å²) in [6.45, 7) is 0.723. The molecule has 0 spiro atoms. The lowest BCUT2D eigenvalue weighted by atomic mass is 10.3. The highest BCUT2D eigenvalue weighted by molar-refractivity contribution is 7.99. The third-order valence-electron chi connectivity index (χ3n) is 2.99. The quantitative estimate of drug-likeness (QED) is 0.704. The summed E-state index contributed by atoms with van der Waals surface area (Å²) >= 11 is 1.66. The highest BCUT2D eigenvalue weighted by atomic mass is 32.2. The average molecular weight is 315 g/mol. The van der Waals surface area contributed by atoms with Crippen LogP contribution in [0, 0.1) is 0 Å². The van der Waals surface area contributed by atoms with Crippen molar-refractivity contribution in [3.63, 3.8) is 0 Å². The van der Waals surface area contributed by atoms with E-state index >= 15 is 0 Å². The van der Waals surface area contributed by atoms with Gasteiger partial charge < -0.3 is 10.1 Å². The summed E-state index contributed by atoms with van der Waals surface area (Å²) in [5, 5.41) is 2.88. The van der Waals surface area contributed by atoms with E-state index in [0.29, 0.717) is 5.75 Å². The second-order valence-electron chi connectivity index (χ2n) is 4.84. The molecule has 0 bridgehead atoms. The smallest absolute Gasteiger partial charge is 0.234 e. The molecule has 2 aromatic rings. The molecule has 0 aliphatic rings. The maximum Gasteiger partial charge on any atom is 0.234 e. The van der Waals surface area contributed by atoms with E-state index in [9.17, 15) is 4.79 Å². The summed E-state index contributed by atoms with van der Waals surface area (Å²) < 4.78 is 5.62. The van der Waals surface area contributed by atoms with Crippen molar-refractivity contribution in [2.75, 3.05) is 23.4 Å². The van der Waals surface area contributed by atoms with Crippen LogP contribution in [0.2, 0.25) is 0 Å². The van der Waals surface area contributed by atoms with Gasteiger partial charge >= 0.3 is 0 Å². The predicted molar refractivity (Wildman–Crippen MR) is 93.6 cm³/mol. The van der Waals surface area contributed by atoms with Gasteiger partial charge in [-0.3, -0.25) is 4.79 Å². The summed E-state index contributed by atoms with van der Waals surface area (Å²) in [7, 11) is 0. The first-order chi connectivity index (χ1) is 10.8. The zero-order valence-corrected chi connectivity index (χ0v) is 13.4. The number of amides is 1. The summed E-state index contributed by atoms with van der Waals surface area (Å²) in [5.41, 5.74) is 0.851. The van der Waals surface area contributed by atoms with Gasteiger partial charge in [0.25, 0.3) is 0 Å². The number of hydrogen-bond donors (Lipinski definition) is 1. The zero-order valence-electron chi connectivity index (χ0n) is 12.5. The Labute approximate surface area is 136 Å². The first kappa shape index (κ1) is 16.4. The Morgan fingerprint density at radius 3 is 2.36 bits per heavy atom. The Morgan fingerprint density at radius 2 is 1.64 bits per heavy atom. The largest absolute Gasteiger partial charge is 0.494 e. The van der Waals surface area contributed by atoms with Crippen LogP contribution < -0.4 is 10.1 Å². The fourth-order valence-corrected chi connectivity index (χ4v) is 2.71. The van der Waals surface area contributed by atoms with Gasteiger partial charge in [0.15, 0.2) is 0 Å². The average Bonchev–Trinajstić information content (AvgIpc) is 2.56. The molecule has 0 aromatic heterocycles. The van der Waals surface area contributed by atoms with Crippen LogP contribution in [-0.2, 0) is 4.79 Å². The van der Waals surface area contributed by atoms with E-state index in [4.69, 9.17) is 4.74 Å². The number of carbonyl (C=O) groups is 1. The van der Waals surface area contributed by atoms with Crippen LogP contribution in [0.3, 0.4) is 0 Å². The second-order valence-corrected chi connectivity index (χ2v) is 5.94. The van der Waals surface area contributed by atoms with Crippen molar-refractivity contribution < 1.29 is 9.53 Å². The Bertz CT molecular complexity index is 546. The number of unbranched alkanes of at least 4 members (excludes halogenated alkanes) is 1. The Morgan fingerprint density at radius 1 is 0.955 bits per heavy atom. The van der Waals surface area contributed by atoms with Crippen molar-refractivity contribution in [1.29, 1.82) is 0 Å². The van der Waals surface area contributed by atoms with Gasteiger partial charge in [0.2, 0.25) is 5.91 Å². The van der Waals surface area contributed by atoms with Crippen LogP contribution in [-0.4, -0.2) is 24.0 Å². The minimum atomic E-state index is 0.0525. The van der Waals surface area contributed by atoms with Gasteiger partial charge in [0.1, 0.15) is 5.75 Å². The maximum absolute atomic E-state index is 11.7. The molecule has 116 valence electrons. The minimum Gasteiger partial charge on any atom is -0.494 e. The molecule has 0 heterocycles. The van der Waals surface area contributed by atoms with Crippen LogP contribution in [0.4, 0.5) is 5.69 Å². The molecule has 3 nitrogen and oxygen atoms in total. The van der Waals surface area contributed by atoms with Gasteiger partial charge in [-0.2, -0.15) is 11.8 Å². The molecule has 0 atom stereocenters. The second kappa shape index (κ2) is 9.90. The Balaban J connectivity index is 1.48. The Hall–Kier alpha value is -1.94. The van der Waals surface area contributed by atoms with Gasteiger partial charge in [-0.15, -0.1) is 0 Å². The minimum absolute atomic E-state index is 0.0525. The van der Waals surface area contributed by atoms with Crippen LogP contribution in [0.5, 0.6) is 5.75 Å². The van der Waals surface area contributed by atoms with Gasteiger partial charge in [0.05, 0.1) is 12.4 Å². The fraction of sp³-hybridized carbons (Fsp3) is 0.278. The molecular formula is C18H21NO2S. The lowest BCUT2D eigenvalue weighted by Crippen LogP contribution is -2.14. The van der Waals surface area contributed by atoms with E-state index in [2.05, 4.69) is 5.32 Å². The first-order valence-electron chi connectivity index (χ1n) is 7.45. The lowest BCUT2D eigenvalue weighted by Gasteiger charge is -2.06. The van der Waals surface area contributed by atoms with Crippen molar-refractivity contribution >= 4 is 23.4 Å². The molecule has 2 aromatic carbocycles. The van der Waals surface area contributed by atoms with Gasteiger partial charge in [-0.25, -0.2) is 0 Å². The molecule has 0 saturated carbocycles. The lowest BCUT2D eigenvalue weighted by molar-refractivity contribution is -0.113. The molecule has 0 fully saturated rings. The fourth-order valence-electron chi connectivity index (χ4n) is 1.90. The van der Waals surface area contributed by atoms with Gasteiger partial charge in [-0.1, -0.05) is 36.4 Å². The molecule has 4 heteroatoms. The summed E-state index contributed by atoms with van der Waals surface area (Å²) in [6, 6.07) is 19.4. The summed E-state index contributed by atoms with van der Waals surface area (Å²) in [4.78, 5) is 11.7. The zero-order chi connectivity index (χ0) is 15.5. The molecule has 0 saturated heterocycles. The highest BCUT2D eigenvalue weighted by Gasteiger charge is 2.01. The predicted octanol–water partition coefficient (Wildman–Crippen LogP) is 4.22. The van der Waals surface area contributed by atoms with Gasteiger partial charge in [-0.05, 0) is 42.9 Å². The van der Waals surface area contributed by atoms with E-state index in [-0.39, 0.29) is 5.91 Å². The summed E-state index contributed by atoms with van der Waals surface area (Å²) in [6.07, 6.45) is 2.05. The molecule has 0 aliphatic heterocycles. The van der Waals surface area contributed by atoms with E-state index in [1.165, 1.54) is 0 Å². The third kappa shape index (κ3) is 6.68. The van der Waals surface area contributed by atoms with Crippen LogP contribution in [0.1, 0.15) is 12.8 Å². The molecule has 0 unspecified atom stereocenters. The number of rotatable bonds is 9. The summed E-state index contributed by atoms with van der Waals surface area (Å²) in [5.74, 6) is 2.43. The maximum atomic E-state index is 11.7. The van der Waals surface area contributed by atoms with E-state index in [1.54, 1.807) is 11.8 Å². The standard InChI is InChI=1S/C18H21NO2S/c20-18(19-16-9-3-1-4-10-16)15-22-14-8-7-13-21-17-11-5-2-6-12-17/h1-6,9-12H,7-8,13-15H2,(H,19,20). The number of benzene rings is 2. The molecular weight excluding hydrogens is 294 g/mol. The number of carbonyl (C=O) groups excluding carboxylic acids is 1. The highest BCUT2D eigenvalue weighted by Crippen LogP contribution is 2.11. The van der Waals surface area contributed by atoms with Crippen molar-refractivity contribution in [1.82, 2.24) is 0 Å². The van der Waals surface area contributed by atoms with E-state index in [1.807, 2.05) is 60.7 Å². The number of hydrogen-bond acceptors (Lipinski definition) is 3. The first-order valence-corrected chi connectivity index (χ1v) is 8.60. The van der Waals surface area contributed by atoms with Crippen LogP contribution in [0.15, 0.2) is 60.7 Å². The van der Waals surface area contributed by atoms with Crippen molar-refractivity contribution in [3.8, 4) is 5.75 Å². The normalized spacial score (nSPS) is 10.2. The Kier molecular flexibility index (Phi) is 7.39. The molecule has 1 N–H and O–H groups in total. The van der Waals surface area contributed by atoms with E-state index in [0.717, 1.165) is 36.6 Å². The third-order valence-corrected chi connectivity index (χ3v) is 4.03. The number of para-hydroxylation sites is 2. The van der Waals surface area contributed by atoms with Crippen molar-refractivity contribution in [2.45, 2.75) is 12.8 Å². The topological polar surface area (TPSA) is 38.3 Å². The van der Waals surface area contributed by atoms with Gasteiger partial charge in [0, 0.05) is 5.69 Å². The van der Waals surface area contributed by atoms with Crippen molar-refractivity contribution in [2.24, 2.45) is 0 Å². The molecule has 22 heavy (non-hydrogen) atoms. The molecule has 2 rings (SSSR count). The molecule has 1 amide bonds. The number of thioether (sulfide) groups is 1. The van der Waals surface area contributed by atoms with Crippen LogP contribution in [0.25, 0.3) is 0 Å². The molecule has 0 aliphatic carbocycles. The number of anilines is 1. The SMILES string of the molecule is O=C(CSCCCCOc1ccccc1)Nc1ccccc1. The van der Waals surface area contributed by atoms with Crippen LogP contribution >= 0.6 is 11.8 Å². The monoisotopic (exact) mass is 315 g/mol. The van der Waals surface area contributed by atoms with E-state index < -0.39 is 0 Å².